The highest BCUT2D eigenvalue weighted by Gasteiger charge is 2.40. The number of hydrogen-bond acceptors (Lipinski definition) is 4. The van der Waals surface area contributed by atoms with Crippen molar-refractivity contribution < 1.29 is 12.8 Å². The number of likely N-dealkylation sites (N-methyl/N-ethyl adjacent to an activating group) is 1. The van der Waals surface area contributed by atoms with Crippen LogP contribution in [0.25, 0.3) is 0 Å². The molecule has 7 heteroatoms. The summed E-state index contributed by atoms with van der Waals surface area (Å²) in [5, 5.41) is 0. The highest BCUT2D eigenvalue weighted by molar-refractivity contribution is 7.86. The van der Waals surface area contributed by atoms with E-state index in [1.165, 1.54) is 0 Å². The van der Waals surface area contributed by atoms with E-state index in [0.29, 0.717) is 19.6 Å². The summed E-state index contributed by atoms with van der Waals surface area (Å²) in [5.41, 5.74) is 0. The molecule has 1 aromatic heterocycles. The first-order chi connectivity index (χ1) is 11.0. The maximum absolute atomic E-state index is 13.1. The van der Waals surface area contributed by atoms with Gasteiger partial charge in [-0.3, -0.25) is 0 Å². The summed E-state index contributed by atoms with van der Waals surface area (Å²) in [7, 11) is -3.42. The van der Waals surface area contributed by atoms with Crippen LogP contribution in [0.2, 0.25) is 0 Å². The number of furan rings is 1. The van der Waals surface area contributed by atoms with Crippen molar-refractivity contribution in [3.8, 4) is 0 Å². The quantitative estimate of drug-likeness (QED) is 0.840. The highest BCUT2D eigenvalue weighted by atomic mass is 32.2. The van der Waals surface area contributed by atoms with Crippen LogP contribution in [0.3, 0.4) is 0 Å². The van der Waals surface area contributed by atoms with Gasteiger partial charge >= 0.3 is 0 Å². The van der Waals surface area contributed by atoms with E-state index in [-0.39, 0.29) is 6.04 Å². The van der Waals surface area contributed by atoms with E-state index in [1.807, 2.05) is 19.1 Å². The lowest BCUT2D eigenvalue weighted by atomic mass is 10.2. The summed E-state index contributed by atoms with van der Waals surface area (Å²) in [6, 6.07) is 3.66. The first-order valence-corrected chi connectivity index (χ1v) is 9.97. The molecule has 2 aliphatic rings. The van der Waals surface area contributed by atoms with E-state index < -0.39 is 10.2 Å². The third-order valence-electron chi connectivity index (χ3n) is 4.91. The summed E-state index contributed by atoms with van der Waals surface area (Å²) in [6.45, 7) is 8.56. The van der Waals surface area contributed by atoms with Gasteiger partial charge in [0.2, 0.25) is 0 Å². The first-order valence-electron chi connectivity index (χ1n) is 8.58. The zero-order valence-corrected chi connectivity index (χ0v) is 14.9. The topological polar surface area (TPSA) is 57.0 Å². The van der Waals surface area contributed by atoms with Crippen molar-refractivity contribution >= 4 is 10.2 Å². The Balaban J connectivity index is 1.78. The van der Waals surface area contributed by atoms with Crippen molar-refractivity contribution in [1.29, 1.82) is 0 Å². The SMILES string of the molecule is CCN1CCCN(S(=O)(=O)N2CCC[C@H]2c2ccc(C)o2)CC1. The summed E-state index contributed by atoms with van der Waals surface area (Å²) < 4.78 is 35.3. The van der Waals surface area contributed by atoms with Crippen LogP contribution in [0, 0.1) is 6.92 Å². The van der Waals surface area contributed by atoms with Crippen molar-refractivity contribution in [2.75, 3.05) is 39.3 Å². The van der Waals surface area contributed by atoms with Crippen LogP contribution in [0.15, 0.2) is 16.5 Å². The number of hydrogen-bond donors (Lipinski definition) is 0. The predicted octanol–water partition coefficient (Wildman–Crippen LogP) is 2.00. The Morgan fingerprint density at radius 3 is 2.65 bits per heavy atom. The largest absolute Gasteiger partial charge is 0.465 e. The van der Waals surface area contributed by atoms with Gasteiger partial charge in [0.15, 0.2) is 0 Å². The van der Waals surface area contributed by atoms with Gasteiger partial charge in [0.1, 0.15) is 11.5 Å². The Morgan fingerprint density at radius 1 is 1.13 bits per heavy atom. The Kier molecular flexibility index (Phi) is 5.10. The molecule has 1 atom stereocenters. The molecule has 130 valence electrons. The molecule has 0 bridgehead atoms. The fraction of sp³-hybridized carbons (Fsp3) is 0.750. The van der Waals surface area contributed by atoms with Gasteiger partial charge in [0, 0.05) is 26.2 Å². The Hall–Kier alpha value is -0.890. The normalized spacial score (nSPS) is 25.7. The average Bonchev–Trinajstić information content (AvgIpc) is 3.10. The van der Waals surface area contributed by atoms with E-state index in [0.717, 1.165) is 50.4 Å². The van der Waals surface area contributed by atoms with E-state index in [2.05, 4.69) is 11.8 Å². The van der Waals surface area contributed by atoms with Crippen LogP contribution in [0.1, 0.15) is 43.7 Å². The molecule has 0 radical (unpaired) electrons. The van der Waals surface area contributed by atoms with E-state index in [4.69, 9.17) is 4.42 Å². The van der Waals surface area contributed by atoms with Crippen molar-refractivity contribution in [3.05, 3.63) is 23.7 Å². The smallest absolute Gasteiger partial charge is 0.282 e. The molecular weight excluding hydrogens is 314 g/mol. The molecule has 0 saturated carbocycles. The molecule has 0 amide bonds. The molecule has 0 unspecified atom stereocenters. The molecule has 3 heterocycles. The van der Waals surface area contributed by atoms with Gasteiger partial charge in [-0.15, -0.1) is 0 Å². The third-order valence-corrected chi connectivity index (χ3v) is 6.96. The molecule has 0 aliphatic carbocycles. The van der Waals surface area contributed by atoms with Gasteiger partial charge in [0.05, 0.1) is 6.04 Å². The van der Waals surface area contributed by atoms with Gasteiger partial charge in [-0.2, -0.15) is 17.0 Å². The molecule has 0 spiro atoms. The molecule has 23 heavy (non-hydrogen) atoms. The monoisotopic (exact) mass is 341 g/mol. The van der Waals surface area contributed by atoms with Gasteiger partial charge in [-0.05, 0) is 51.4 Å². The predicted molar refractivity (Wildman–Crippen MR) is 89.3 cm³/mol. The molecule has 1 aromatic rings. The zero-order valence-electron chi connectivity index (χ0n) is 14.1. The molecule has 2 saturated heterocycles. The fourth-order valence-corrected chi connectivity index (χ4v) is 5.44. The second kappa shape index (κ2) is 6.93. The third kappa shape index (κ3) is 3.47. The number of rotatable bonds is 4. The lowest BCUT2D eigenvalue weighted by Gasteiger charge is -2.29. The molecule has 2 aliphatic heterocycles. The molecule has 6 nitrogen and oxygen atoms in total. The maximum atomic E-state index is 13.1. The standard InChI is InChI=1S/C16H27N3O3S/c1-3-17-9-5-10-18(13-12-17)23(20,21)19-11-4-6-15(19)16-8-7-14(2)22-16/h7-8,15H,3-6,9-13H2,1-2H3/t15-/m0/s1. The highest BCUT2D eigenvalue weighted by Crippen LogP contribution is 2.36. The van der Waals surface area contributed by atoms with Crippen molar-refractivity contribution in [2.24, 2.45) is 0 Å². The van der Waals surface area contributed by atoms with Gasteiger partial charge in [-0.1, -0.05) is 6.92 Å². The summed E-state index contributed by atoms with van der Waals surface area (Å²) in [5.74, 6) is 1.60. The van der Waals surface area contributed by atoms with Crippen LogP contribution >= 0.6 is 0 Å². The summed E-state index contributed by atoms with van der Waals surface area (Å²) in [6.07, 6.45) is 2.62. The minimum atomic E-state index is -3.42. The first kappa shape index (κ1) is 17.0. The molecule has 2 fully saturated rings. The van der Waals surface area contributed by atoms with Gasteiger partial charge < -0.3 is 9.32 Å². The Labute approximate surface area is 139 Å². The van der Waals surface area contributed by atoms with E-state index in [1.54, 1.807) is 8.61 Å². The molecular formula is C16H27N3O3S. The van der Waals surface area contributed by atoms with Crippen molar-refractivity contribution in [1.82, 2.24) is 13.5 Å². The zero-order chi connectivity index (χ0) is 16.4. The van der Waals surface area contributed by atoms with Crippen LogP contribution in [0.5, 0.6) is 0 Å². The number of aryl methyl sites for hydroxylation is 1. The summed E-state index contributed by atoms with van der Waals surface area (Å²) in [4.78, 5) is 2.31. The minimum Gasteiger partial charge on any atom is -0.465 e. The average molecular weight is 341 g/mol. The molecule has 0 aromatic carbocycles. The van der Waals surface area contributed by atoms with E-state index >= 15 is 0 Å². The van der Waals surface area contributed by atoms with Crippen molar-refractivity contribution in [2.45, 2.75) is 39.2 Å². The Bertz CT molecular complexity index is 628. The summed E-state index contributed by atoms with van der Waals surface area (Å²) >= 11 is 0. The van der Waals surface area contributed by atoms with Crippen LogP contribution in [0.4, 0.5) is 0 Å². The fourth-order valence-electron chi connectivity index (χ4n) is 3.58. The van der Waals surface area contributed by atoms with Gasteiger partial charge in [-0.25, -0.2) is 0 Å². The van der Waals surface area contributed by atoms with Crippen LogP contribution in [-0.4, -0.2) is 61.2 Å². The van der Waals surface area contributed by atoms with Gasteiger partial charge in [0.25, 0.3) is 10.2 Å². The van der Waals surface area contributed by atoms with E-state index in [9.17, 15) is 8.42 Å². The molecule has 3 rings (SSSR count). The second-order valence-corrected chi connectivity index (χ2v) is 8.29. The number of nitrogens with zero attached hydrogens (tertiary/aromatic N) is 3. The van der Waals surface area contributed by atoms with Crippen molar-refractivity contribution in [3.63, 3.8) is 0 Å². The lowest BCUT2D eigenvalue weighted by Crippen LogP contribution is -2.45. The second-order valence-electron chi connectivity index (χ2n) is 6.41. The maximum Gasteiger partial charge on any atom is 0.282 e. The van der Waals surface area contributed by atoms with Crippen LogP contribution in [-0.2, 0) is 10.2 Å². The molecule has 0 N–H and O–H groups in total. The minimum absolute atomic E-state index is 0.153. The Morgan fingerprint density at radius 2 is 1.96 bits per heavy atom. The lowest BCUT2D eigenvalue weighted by molar-refractivity contribution is 0.286. The van der Waals surface area contributed by atoms with Crippen LogP contribution < -0.4 is 0 Å².